The molecule has 4 nitrogen and oxygen atoms in total. The maximum atomic E-state index is 12.7. The lowest BCUT2D eigenvalue weighted by Gasteiger charge is -2.10. The highest BCUT2D eigenvalue weighted by Crippen LogP contribution is 2.33. The van der Waals surface area contributed by atoms with Crippen molar-refractivity contribution in [3.05, 3.63) is 71.4 Å². The third-order valence-corrected chi connectivity index (χ3v) is 3.93. The number of nitrogens with zero attached hydrogens (tertiary/aromatic N) is 1. The van der Waals surface area contributed by atoms with Crippen molar-refractivity contribution >= 4 is 5.91 Å². The molecule has 0 radical (unpaired) electrons. The number of amides is 1. The van der Waals surface area contributed by atoms with Crippen LogP contribution in [-0.2, 0) is 6.18 Å². The number of halogens is 3. The second-order valence-electron chi connectivity index (χ2n) is 5.60. The van der Waals surface area contributed by atoms with Gasteiger partial charge in [0.05, 0.1) is 17.2 Å². The van der Waals surface area contributed by atoms with Crippen LogP contribution in [0, 0.1) is 11.3 Å². The number of hydrogen-bond acceptors (Lipinski definition) is 2. The Morgan fingerprint density at radius 1 is 1.00 bits per heavy atom. The molecule has 1 aromatic heterocycles. The van der Waals surface area contributed by atoms with Gasteiger partial charge in [0.1, 0.15) is 5.69 Å². The summed E-state index contributed by atoms with van der Waals surface area (Å²) in [5.41, 5.74) is 7.29. The van der Waals surface area contributed by atoms with Crippen LogP contribution in [0.3, 0.4) is 0 Å². The average molecular weight is 355 g/mol. The van der Waals surface area contributed by atoms with E-state index in [1.54, 1.807) is 24.3 Å². The summed E-state index contributed by atoms with van der Waals surface area (Å²) in [6, 6.07) is 14.8. The van der Waals surface area contributed by atoms with Crippen LogP contribution in [0.4, 0.5) is 13.2 Å². The Balaban J connectivity index is 1.99. The first kappa shape index (κ1) is 17.3. The summed E-state index contributed by atoms with van der Waals surface area (Å²) in [5.74, 6) is -0.599. The van der Waals surface area contributed by atoms with Gasteiger partial charge in [0.2, 0.25) is 0 Å². The Morgan fingerprint density at radius 3 is 2.19 bits per heavy atom. The molecule has 0 aliphatic heterocycles. The van der Waals surface area contributed by atoms with E-state index in [1.807, 2.05) is 0 Å². The first-order chi connectivity index (χ1) is 12.3. The van der Waals surface area contributed by atoms with Crippen molar-refractivity contribution < 1.29 is 18.0 Å². The van der Waals surface area contributed by atoms with Gasteiger partial charge in [-0.25, -0.2) is 0 Å². The second-order valence-corrected chi connectivity index (χ2v) is 5.60. The van der Waals surface area contributed by atoms with Gasteiger partial charge in [-0.15, -0.1) is 0 Å². The Labute approximate surface area is 146 Å². The number of aromatic nitrogens is 1. The summed E-state index contributed by atoms with van der Waals surface area (Å²) in [6.07, 6.45) is -4.41. The van der Waals surface area contributed by atoms with Crippen molar-refractivity contribution in [3.8, 4) is 28.5 Å². The number of hydrogen-bond donors (Lipinski definition) is 2. The predicted molar refractivity (Wildman–Crippen MR) is 89.9 cm³/mol. The van der Waals surface area contributed by atoms with E-state index in [1.165, 1.54) is 18.2 Å². The van der Waals surface area contributed by atoms with Crippen LogP contribution < -0.4 is 5.73 Å². The molecule has 2 aromatic carbocycles. The summed E-state index contributed by atoms with van der Waals surface area (Å²) in [5, 5.41) is 9.41. The van der Waals surface area contributed by atoms with E-state index in [4.69, 9.17) is 5.73 Å². The number of nitrogens with one attached hydrogen (secondary N) is 1. The summed E-state index contributed by atoms with van der Waals surface area (Å²) in [4.78, 5) is 14.0. The predicted octanol–water partition coefficient (Wildman–Crippen LogP) is 4.34. The summed E-state index contributed by atoms with van der Waals surface area (Å²) in [7, 11) is 0. The summed E-state index contributed by atoms with van der Waals surface area (Å²) < 4.78 is 38.0. The largest absolute Gasteiger partial charge is 0.416 e. The smallest absolute Gasteiger partial charge is 0.364 e. The molecule has 1 amide bonds. The highest BCUT2D eigenvalue weighted by Gasteiger charge is 2.30. The number of carbonyl (C=O) groups is 1. The van der Waals surface area contributed by atoms with Gasteiger partial charge < -0.3 is 10.7 Å². The third kappa shape index (κ3) is 3.30. The lowest BCUT2D eigenvalue weighted by Crippen LogP contribution is -2.10. The molecule has 0 bridgehead atoms. The van der Waals surface area contributed by atoms with Gasteiger partial charge in [-0.1, -0.05) is 24.3 Å². The van der Waals surface area contributed by atoms with E-state index >= 15 is 0 Å². The van der Waals surface area contributed by atoms with Gasteiger partial charge in [-0.3, -0.25) is 4.79 Å². The number of H-pyrrole nitrogens is 1. The normalized spacial score (nSPS) is 11.2. The highest BCUT2D eigenvalue weighted by molar-refractivity contribution is 5.92. The lowest BCUT2D eigenvalue weighted by atomic mass is 9.96. The molecule has 0 atom stereocenters. The van der Waals surface area contributed by atoms with E-state index < -0.39 is 17.6 Å². The third-order valence-electron chi connectivity index (χ3n) is 3.93. The van der Waals surface area contributed by atoms with Crippen molar-refractivity contribution in [2.75, 3.05) is 0 Å². The Kier molecular flexibility index (Phi) is 4.26. The highest BCUT2D eigenvalue weighted by atomic mass is 19.4. The Morgan fingerprint density at radius 2 is 1.65 bits per heavy atom. The monoisotopic (exact) mass is 355 g/mol. The maximum absolute atomic E-state index is 12.7. The number of benzene rings is 2. The summed E-state index contributed by atoms with van der Waals surface area (Å²) in [6.45, 7) is 0. The van der Waals surface area contributed by atoms with E-state index in [0.717, 1.165) is 12.1 Å². The van der Waals surface area contributed by atoms with Gasteiger partial charge in [-0.05, 0) is 47.0 Å². The number of nitriles is 1. The van der Waals surface area contributed by atoms with Crippen molar-refractivity contribution in [2.24, 2.45) is 5.73 Å². The zero-order valence-electron chi connectivity index (χ0n) is 13.3. The summed E-state index contributed by atoms with van der Waals surface area (Å²) >= 11 is 0. The van der Waals surface area contributed by atoms with Crippen LogP contribution in [0.2, 0.25) is 0 Å². The fourth-order valence-corrected chi connectivity index (χ4v) is 2.60. The quantitative estimate of drug-likeness (QED) is 0.733. The van der Waals surface area contributed by atoms with E-state index in [0.29, 0.717) is 27.9 Å². The first-order valence-corrected chi connectivity index (χ1v) is 7.50. The van der Waals surface area contributed by atoms with Gasteiger partial charge >= 0.3 is 6.18 Å². The zero-order valence-corrected chi connectivity index (χ0v) is 13.3. The van der Waals surface area contributed by atoms with Crippen molar-refractivity contribution in [3.63, 3.8) is 0 Å². The van der Waals surface area contributed by atoms with Gasteiger partial charge in [-0.2, -0.15) is 18.4 Å². The minimum absolute atomic E-state index is 0.241. The minimum Gasteiger partial charge on any atom is -0.364 e. The van der Waals surface area contributed by atoms with E-state index in [2.05, 4.69) is 11.1 Å². The first-order valence-electron chi connectivity index (χ1n) is 7.50. The zero-order chi connectivity index (χ0) is 18.9. The minimum atomic E-state index is -4.41. The fraction of sp³-hybridized carbons (Fsp3) is 0.0526. The fourth-order valence-electron chi connectivity index (χ4n) is 2.60. The molecule has 0 saturated heterocycles. The van der Waals surface area contributed by atoms with Crippen molar-refractivity contribution in [1.82, 2.24) is 4.98 Å². The number of alkyl halides is 3. The molecule has 0 aliphatic carbocycles. The molecule has 3 rings (SSSR count). The SMILES string of the molecule is N#Cc1cc(-c2ccc(C(N)=O)[nH]2)ccc1-c1ccc(C(F)(F)F)cc1. The maximum Gasteiger partial charge on any atom is 0.416 e. The molecule has 130 valence electrons. The molecule has 26 heavy (non-hydrogen) atoms. The Bertz CT molecular complexity index is 1010. The molecule has 3 N–H and O–H groups in total. The Hall–Kier alpha value is -3.53. The second kappa shape index (κ2) is 6.41. The topological polar surface area (TPSA) is 82.7 Å². The molecule has 7 heteroatoms. The van der Waals surface area contributed by atoms with Crippen LogP contribution in [0.5, 0.6) is 0 Å². The van der Waals surface area contributed by atoms with Gasteiger partial charge in [0, 0.05) is 5.69 Å². The van der Waals surface area contributed by atoms with Gasteiger partial charge in [0.15, 0.2) is 0 Å². The van der Waals surface area contributed by atoms with Crippen LogP contribution in [-0.4, -0.2) is 10.9 Å². The molecular formula is C19H12F3N3O. The molecule has 0 spiro atoms. The van der Waals surface area contributed by atoms with Crippen LogP contribution >= 0.6 is 0 Å². The molecule has 0 fully saturated rings. The van der Waals surface area contributed by atoms with Crippen LogP contribution in [0.15, 0.2) is 54.6 Å². The molecule has 0 saturated carbocycles. The van der Waals surface area contributed by atoms with Crippen LogP contribution in [0.25, 0.3) is 22.4 Å². The lowest BCUT2D eigenvalue weighted by molar-refractivity contribution is -0.137. The number of rotatable bonds is 3. The standard InChI is InChI=1S/C19H12F3N3O/c20-19(21,22)14-4-1-11(2-5-14)15-6-3-12(9-13(15)10-23)16-7-8-17(25-16)18(24)26/h1-9,25H,(H2,24,26). The van der Waals surface area contributed by atoms with Crippen molar-refractivity contribution in [1.29, 1.82) is 5.26 Å². The molecular weight excluding hydrogens is 343 g/mol. The average Bonchev–Trinajstić information content (AvgIpc) is 3.11. The van der Waals surface area contributed by atoms with Crippen molar-refractivity contribution in [2.45, 2.75) is 6.18 Å². The van der Waals surface area contributed by atoms with E-state index in [9.17, 15) is 23.2 Å². The number of primary amides is 1. The molecule has 3 aromatic rings. The number of nitrogens with two attached hydrogens (primary N) is 1. The number of carbonyl (C=O) groups excluding carboxylic acids is 1. The molecule has 0 aliphatic rings. The molecule has 0 unspecified atom stereocenters. The molecule has 1 heterocycles. The van der Waals surface area contributed by atoms with Gasteiger partial charge in [0.25, 0.3) is 5.91 Å². The van der Waals surface area contributed by atoms with Crippen LogP contribution in [0.1, 0.15) is 21.6 Å². The van der Waals surface area contributed by atoms with E-state index in [-0.39, 0.29) is 5.69 Å². The number of aromatic amines is 1.